The molecular weight excluding hydrogens is 554 g/mol. The third-order valence-corrected chi connectivity index (χ3v) is 9.54. The fourth-order valence-corrected chi connectivity index (χ4v) is 7.37. The largest absolute Gasteiger partial charge is 0.508 e. The lowest BCUT2D eigenvalue weighted by atomic mass is 9.59. The Labute approximate surface area is 254 Å². The molecule has 0 saturated carbocycles. The van der Waals surface area contributed by atoms with E-state index in [9.17, 15) is 29.1 Å². The first-order valence-electron chi connectivity index (χ1n) is 14.7. The van der Waals surface area contributed by atoms with Crippen molar-refractivity contribution < 1.29 is 29.1 Å². The first-order valence-corrected chi connectivity index (χ1v) is 14.7. The van der Waals surface area contributed by atoms with Crippen LogP contribution in [-0.4, -0.2) is 34.3 Å². The maximum Gasteiger partial charge on any atom is 0.238 e. The van der Waals surface area contributed by atoms with Crippen LogP contribution in [0.4, 0.5) is 5.69 Å². The molecule has 1 aliphatic heterocycles. The minimum absolute atomic E-state index is 0.124. The van der Waals surface area contributed by atoms with Crippen molar-refractivity contribution in [1.29, 1.82) is 0 Å². The average molecular weight is 584 g/mol. The summed E-state index contributed by atoms with van der Waals surface area (Å²) >= 11 is 0. The van der Waals surface area contributed by atoms with E-state index in [4.69, 9.17) is 0 Å². The molecule has 1 fully saturated rings. The van der Waals surface area contributed by atoms with Crippen molar-refractivity contribution in [2.75, 3.05) is 4.90 Å². The normalized spacial score (nSPS) is 24.5. The van der Waals surface area contributed by atoms with E-state index in [0.29, 0.717) is 45.5 Å². The maximum absolute atomic E-state index is 14.1. The third-order valence-electron chi connectivity index (χ3n) is 9.54. The van der Waals surface area contributed by atoms with Crippen LogP contribution in [0.25, 0.3) is 0 Å². The van der Waals surface area contributed by atoms with Crippen molar-refractivity contribution in [3.05, 3.63) is 129 Å². The summed E-state index contributed by atoms with van der Waals surface area (Å²) in [5, 5.41) is 10.2. The first kappa shape index (κ1) is 27.7. The van der Waals surface area contributed by atoms with Crippen LogP contribution in [0.3, 0.4) is 0 Å². The number of phenolic OH excluding ortho intramolecular Hbond substituents is 1. The number of benzene rings is 3. The molecule has 4 atom stereocenters. The van der Waals surface area contributed by atoms with Crippen molar-refractivity contribution in [1.82, 2.24) is 0 Å². The number of amides is 2. The van der Waals surface area contributed by atoms with E-state index in [0.717, 1.165) is 11.1 Å². The van der Waals surface area contributed by atoms with Gasteiger partial charge in [0, 0.05) is 33.8 Å². The number of anilines is 1. The number of nitrogens with zero attached hydrogens (tertiary/aromatic N) is 1. The minimum atomic E-state index is -0.696. The SMILES string of the molecule is CC1=CC(=O)C2=C(C1=O)[C@@H](c1ccc(O)c(C)c1)C1=CC[C@@H]3C(=O)N(c4ccc(C(=O)c5ccccc5)cc4)C(=O)[C@@H]3[C@@H]1C2. The van der Waals surface area contributed by atoms with E-state index >= 15 is 0 Å². The number of carbonyl (C=O) groups excluding carboxylic acids is 5. The number of aromatic hydroxyl groups is 1. The van der Waals surface area contributed by atoms with Crippen molar-refractivity contribution in [2.24, 2.45) is 17.8 Å². The van der Waals surface area contributed by atoms with Crippen molar-refractivity contribution in [3.8, 4) is 5.75 Å². The summed E-state index contributed by atoms with van der Waals surface area (Å²) in [5.74, 6) is -3.44. The molecule has 3 aromatic carbocycles. The molecule has 3 aromatic rings. The van der Waals surface area contributed by atoms with Crippen LogP contribution in [0.1, 0.15) is 52.7 Å². The number of fused-ring (bicyclic) bond motifs is 3. The third kappa shape index (κ3) is 4.14. The van der Waals surface area contributed by atoms with Crippen LogP contribution in [0.5, 0.6) is 5.75 Å². The Balaban J connectivity index is 1.26. The van der Waals surface area contributed by atoms with Gasteiger partial charge in [-0.3, -0.25) is 28.9 Å². The Hall–Kier alpha value is -5.17. The van der Waals surface area contributed by atoms with Gasteiger partial charge in [-0.05, 0) is 80.1 Å². The summed E-state index contributed by atoms with van der Waals surface area (Å²) in [6, 6.07) is 20.5. The molecule has 3 aliphatic carbocycles. The van der Waals surface area contributed by atoms with Gasteiger partial charge in [0.05, 0.1) is 17.5 Å². The van der Waals surface area contributed by atoms with E-state index in [1.54, 1.807) is 74.5 Å². The Bertz CT molecular complexity index is 1900. The number of imide groups is 1. The first-order chi connectivity index (χ1) is 21.2. The highest BCUT2D eigenvalue weighted by Gasteiger charge is 2.56. The Morgan fingerprint density at radius 3 is 2.25 bits per heavy atom. The van der Waals surface area contributed by atoms with E-state index in [-0.39, 0.29) is 41.3 Å². The maximum atomic E-state index is 14.1. The lowest BCUT2D eigenvalue weighted by Crippen LogP contribution is -2.39. The van der Waals surface area contributed by atoms with Crippen LogP contribution in [0.2, 0.25) is 0 Å². The van der Waals surface area contributed by atoms with E-state index in [2.05, 4.69) is 0 Å². The van der Waals surface area contributed by atoms with Gasteiger partial charge in [-0.1, -0.05) is 54.1 Å². The van der Waals surface area contributed by atoms with E-state index in [1.165, 1.54) is 11.0 Å². The molecular formula is C37H29NO6. The molecule has 2 amide bonds. The second-order valence-corrected chi connectivity index (χ2v) is 12.0. The molecule has 1 N–H and O–H groups in total. The van der Waals surface area contributed by atoms with E-state index < -0.39 is 23.7 Å². The Morgan fingerprint density at radius 2 is 1.55 bits per heavy atom. The van der Waals surface area contributed by atoms with Crippen molar-refractivity contribution in [2.45, 2.75) is 32.6 Å². The zero-order valence-electron chi connectivity index (χ0n) is 24.2. The fraction of sp³-hybridized carbons (Fsp3) is 0.216. The summed E-state index contributed by atoms with van der Waals surface area (Å²) < 4.78 is 0. The van der Waals surface area contributed by atoms with Gasteiger partial charge in [0.15, 0.2) is 17.3 Å². The molecule has 44 heavy (non-hydrogen) atoms. The molecule has 218 valence electrons. The smallest absolute Gasteiger partial charge is 0.238 e. The van der Waals surface area contributed by atoms with Gasteiger partial charge < -0.3 is 5.11 Å². The molecule has 4 aliphatic rings. The molecule has 7 heteroatoms. The van der Waals surface area contributed by atoms with Gasteiger partial charge in [0.2, 0.25) is 11.8 Å². The summed E-state index contributed by atoms with van der Waals surface area (Å²) in [5.41, 5.74) is 4.82. The van der Waals surface area contributed by atoms with Gasteiger partial charge >= 0.3 is 0 Å². The molecule has 7 rings (SSSR count). The summed E-state index contributed by atoms with van der Waals surface area (Å²) in [7, 11) is 0. The highest BCUT2D eigenvalue weighted by Crippen LogP contribution is 2.55. The molecule has 0 spiro atoms. The summed E-state index contributed by atoms with van der Waals surface area (Å²) in [6.07, 6.45) is 3.86. The Kier molecular flexibility index (Phi) is 6.43. The molecule has 0 aromatic heterocycles. The highest BCUT2D eigenvalue weighted by atomic mass is 16.3. The van der Waals surface area contributed by atoms with Crippen LogP contribution >= 0.6 is 0 Å². The molecule has 1 heterocycles. The highest BCUT2D eigenvalue weighted by molar-refractivity contribution is 6.25. The Morgan fingerprint density at radius 1 is 0.841 bits per heavy atom. The number of allylic oxidation sites excluding steroid dienone is 6. The lowest BCUT2D eigenvalue weighted by Gasteiger charge is -2.42. The lowest BCUT2D eigenvalue weighted by molar-refractivity contribution is -0.123. The number of phenols is 1. The number of ketones is 3. The number of carbonyl (C=O) groups is 5. The van der Waals surface area contributed by atoms with E-state index in [1.807, 2.05) is 18.2 Å². The number of hydrogen-bond donors (Lipinski definition) is 1. The average Bonchev–Trinajstić information content (AvgIpc) is 3.29. The van der Waals surface area contributed by atoms with Crippen molar-refractivity contribution in [3.63, 3.8) is 0 Å². The molecule has 0 unspecified atom stereocenters. The molecule has 7 nitrogen and oxygen atoms in total. The van der Waals surface area contributed by atoms with Crippen LogP contribution in [0.15, 0.2) is 107 Å². The summed E-state index contributed by atoms with van der Waals surface area (Å²) in [6.45, 7) is 3.41. The monoisotopic (exact) mass is 583 g/mol. The number of Topliss-reactive ketones (excluding diaryl/α,β-unsaturated/α-hetero) is 1. The number of hydrogen-bond acceptors (Lipinski definition) is 6. The second kappa shape index (κ2) is 10.2. The topological polar surface area (TPSA) is 109 Å². The summed E-state index contributed by atoms with van der Waals surface area (Å²) in [4.78, 5) is 68.9. The van der Waals surface area contributed by atoms with Crippen LogP contribution in [-0.2, 0) is 19.2 Å². The van der Waals surface area contributed by atoms with Gasteiger partial charge in [0.1, 0.15) is 5.75 Å². The second-order valence-electron chi connectivity index (χ2n) is 12.0. The predicted molar refractivity (Wildman–Crippen MR) is 163 cm³/mol. The zero-order valence-corrected chi connectivity index (χ0v) is 24.2. The molecule has 0 radical (unpaired) electrons. The van der Waals surface area contributed by atoms with Gasteiger partial charge in [-0.2, -0.15) is 0 Å². The predicted octanol–water partition coefficient (Wildman–Crippen LogP) is 5.57. The fourth-order valence-electron chi connectivity index (χ4n) is 7.37. The van der Waals surface area contributed by atoms with Crippen LogP contribution in [0, 0.1) is 24.7 Å². The van der Waals surface area contributed by atoms with Gasteiger partial charge in [-0.25, -0.2) is 0 Å². The number of rotatable bonds is 4. The standard InChI is InChI=1S/C37H29NO6/c1-19-16-23(10-15-29(19)39)31-25-13-14-26-32(27(25)18-28-30(40)17-20(2)34(41)33(28)31)37(44)38(36(26)43)24-11-8-22(9-12-24)35(42)21-6-4-3-5-7-21/h3-13,15-17,26-27,31-32,39H,14,18H2,1-2H3/t26-,27+,31-,32-/m0/s1. The number of aryl methyl sites for hydroxylation is 1. The van der Waals surface area contributed by atoms with Gasteiger partial charge in [0.25, 0.3) is 0 Å². The van der Waals surface area contributed by atoms with Crippen LogP contribution < -0.4 is 4.90 Å². The minimum Gasteiger partial charge on any atom is -0.508 e. The zero-order chi connectivity index (χ0) is 30.9. The molecule has 1 saturated heterocycles. The van der Waals surface area contributed by atoms with Crippen molar-refractivity contribution >= 4 is 34.9 Å². The quantitative estimate of drug-likeness (QED) is 0.186. The van der Waals surface area contributed by atoms with Gasteiger partial charge in [-0.15, -0.1) is 0 Å². The molecule has 0 bridgehead atoms.